The van der Waals surface area contributed by atoms with Gasteiger partial charge in [-0.15, -0.1) is 0 Å². The molecule has 0 radical (unpaired) electrons. The highest BCUT2D eigenvalue weighted by Gasteiger charge is 2.31. The Labute approximate surface area is 213 Å². The van der Waals surface area contributed by atoms with E-state index in [1.165, 1.54) is 32.2 Å². The summed E-state index contributed by atoms with van der Waals surface area (Å²) in [7, 11) is 0. The number of nitrogens with one attached hydrogen (secondary N) is 1. The summed E-state index contributed by atoms with van der Waals surface area (Å²) in [5, 5.41) is 33.8. The van der Waals surface area contributed by atoms with Crippen LogP contribution in [0, 0.1) is 11.6 Å². The highest BCUT2D eigenvalue weighted by molar-refractivity contribution is 5.80. The van der Waals surface area contributed by atoms with E-state index in [0.29, 0.717) is 79.5 Å². The first-order chi connectivity index (χ1) is 17.6. The average Bonchev–Trinajstić information content (AvgIpc) is 2.83. The summed E-state index contributed by atoms with van der Waals surface area (Å²) in [6, 6.07) is 5.39. The lowest BCUT2D eigenvalue weighted by atomic mass is 9.89. The zero-order valence-corrected chi connectivity index (χ0v) is 20.9. The number of fused-ring (bicyclic) bond motifs is 1. The van der Waals surface area contributed by atoms with Gasteiger partial charge in [0.25, 0.3) is 0 Å². The van der Waals surface area contributed by atoms with Crippen molar-refractivity contribution in [3.05, 3.63) is 53.4 Å². The SMILES string of the molecule is CC(C)(O)C(O)c1cc2nc(N3CCN(Cc4ccc(F)cc4F)CC3)c(NC3CC(O)C3)nc2cn1. The molecule has 0 amide bonds. The number of aromatic nitrogens is 3. The van der Waals surface area contributed by atoms with Crippen LogP contribution in [0.5, 0.6) is 0 Å². The molecule has 3 heterocycles. The maximum atomic E-state index is 14.1. The van der Waals surface area contributed by atoms with E-state index in [1.807, 2.05) is 0 Å². The second-order valence-electron chi connectivity index (χ2n) is 10.5. The third-order valence-electron chi connectivity index (χ3n) is 7.04. The molecule has 3 aromatic rings. The molecule has 2 fully saturated rings. The van der Waals surface area contributed by atoms with Crippen LogP contribution in [-0.2, 0) is 6.54 Å². The summed E-state index contributed by atoms with van der Waals surface area (Å²) in [5.74, 6) is 0.111. The van der Waals surface area contributed by atoms with E-state index >= 15 is 0 Å². The Balaban J connectivity index is 1.38. The number of aliphatic hydroxyl groups excluding tert-OH is 2. The number of hydrogen-bond donors (Lipinski definition) is 4. The van der Waals surface area contributed by atoms with Crippen LogP contribution in [0.15, 0.2) is 30.5 Å². The number of piperazine rings is 1. The fourth-order valence-corrected chi connectivity index (χ4v) is 4.70. The van der Waals surface area contributed by atoms with Crippen molar-refractivity contribution >= 4 is 22.7 Å². The van der Waals surface area contributed by atoms with Crippen molar-refractivity contribution in [2.24, 2.45) is 0 Å². The summed E-state index contributed by atoms with van der Waals surface area (Å²) in [6.07, 6.45) is 1.28. The first kappa shape index (κ1) is 25.7. The van der Waals surface area contributed by atoms with Crippen molar-refractivity contribution in [1.29, 1.82) is 0 Å². The lowest BCUT2D eigenvalue weighted by molar-refractivity contribution is -0.0516. The number of nitrogens with zero attached hydrogens (tertiary/aromatic N) is 5. The summed E-state index contributed by atoms with van der Waals surface area (Å²) in [6.45, 7) is 5.95. The lowest BCUT2D eigenvalue weighted by Gasteiger charge is -2.37. The molecule has 2 aliphatic rings. The normalized spacial score (nSPS) is 21.6. The van der Waals surface area contributed by atoms with E-state index < -0.39 is 23.3 Å². The van der Waals surface area contributed by atoms with E-state index in [9.17, 15) is 24.1 Å². The fourth-order valence-electron chi connectivity index (χ4n) is 4.70. The van der Waals surface area contributed by atoms with E-state index in [4.69, 9.17) is 9.97 Å². The second-order valence-corrected chi connectivity index (χ2v) is 10.5. The predicted octanol–water partition coefficient (Wildman–Crippen LogP) is 2.36. The molecule has 0 bridgehead atoms. The summed E-state index contributed by atoms with van der Waals surface area (Å²) in [4.78, 5) is 18.1. The molecule has 1 aromatic carbocycles. The standard InChI is InChI=1S/C26H32F2N6O3/c1-26(2,37)23(36)21-12-20-22(13-29-21)31-24(30-17-10-18(35)11-17)25(32-20)34-7-5-33(6-8-34)14-15-3-4-16(27)9-19(15)28/h3-4,9,12-13,17-18,23,35-37H,5-8,10-11,14H2,1-2H3,(H,30,31). The Kier molecular flexibility index (Phi) is 6.97. The highest BCUT2D eigenvalue weighted by Crippen LogP contribution is 2.32. The third kappa shape index (κ3) is 5.64. The molecule has 1 saturated heterocycles. The predicted molar refractivity (Wildman–Crippen MR) is 135 cm³/mol. The molecule has 1 saturated carbocycles. The molecule has 9 nitrogen and oxygen atoms in total. The van der Waals surface area contributed by atoms with Crippen LogP contribution in [-0.4, -0.2) is 79.1 Å². The van der Waals surface area contributed by atoms with Crippen molar-refractivity contribution in [3.63, 3.8) is 0 Å². The lowest BCUT2D eigenvalue weighted by Crippen LogP contribution is -2.47. The van der Waals surface area contributed by atoms with Gasteiger partial charge < -0.3 is 25.5 Å². The number of aliphatic hydroxyl groups is 3. The topological polar surface area (TPSA) is 118 Å². The average molecular weight is 515 g/mol. The summed E-state index contributed by atoms with van der Waals surface area (Å²) < 4.78 is 27.4. The number of halogens is 2. The highest BCUT2D eigenvalue weighted by atomic mass is 19.1. The number of benzene rings is 1. The number of pyridine rings is 1. The maximum absolute atomic E-state index is 14.1. The molecule has 1 atom stereocenters. The Morgan fingerprint density at radius 2 is 1.81 bits per heavy atom. The van der Waals surface area contributed by atoms with Crippen LogP contribution >= 0.6 is 0 Å². The quantitative estimate of drug-likeness (QED) is 0.377. The van der Waals surface area contributed by atoms with Gasteiger partial charge in [0.1, 0.15) is 23.3 Å². The van der Waals surface area contributed by atoms with Gasteiger partial charge in [-0.3, -0.25) is 9.88 Å². The Bertz CT molecular complexity index is 1270. The van der Waals surface area contributed by atoms with E-state index in [2.05, 4.69) is 20.1 Å². The molecule has 2 aromatic heterocycles. The fraction of sp³-hybridized carbons (Fsp3) is 0.500. The molecule has 198 valence electrons. The van der Waals surface area contributed by atoms with Gasteiger partial charge in [-0.25, -0.2) is 18.7 Å². The Morgan fingerprint density at radius 1 is 1.08 bits per heavy atom. The largest absolute Gasteiger partial charge is 0.393 e. The van der Waals surface area contributed by atoms with Crippen molar-refractivity contribution in [2.75, 3.05) is 36.4 Å². The van der Waals surface area contributed by atoms with Gasteiger partial charge in [0.2, 0.25) is 0 Å². The first-order valence-corrected chi connectivity index (χ1v) is 12.5. The van der Waals surface area contributed by atoms with E-state index in [-0.39, 0.29) is 12.1 Å². The van der Waals surface area contributed by atoms with Crippen molar-refractivity contribution < 1.29 is 24.1 Å². The Hall–Kier alpha value is -2.99. The molecule has 37 heavy (non-hydrogen) atoms. The van der Waals surface area contributed by atoms with Crippen molar-refractivity contribution in [2.45, 2.75) is 57.1 Å². The van der Waals surface area contributed by atoms with Gasteiger partial charge in [-0.1, -0.05) is 6.07 Å². The number of hydrogen-bond acceptors (Lipinski definition) is 9. The van der Waals surface area contributed by atoms with Crippen LogP contribution in [0.25, 0.3) is 11.0 Å². The minimum atomic E-state index is -1.37. The molecule has 1 aliphatic heterocycles. The van der Waals surface area contributed by atoms with Gasteiger partial charge >= 0.3 is 0 Å². The first-order valence-electron chi connectivity index (χ1n) is 12.5. The monoisotopic (exact) mass is 514 g/mol. The van der Waals surface area contributed by atoms with Gasteiger partial charge in [0.15, 0.2) is 11.6 Å². The van der Waals surface area contributed by atoms with Crippen LogP contribution in [0.4, 0.5) is 20.4 Å². The molecular formula is C26H32F2N6O3. The summed E-state index contributed by atoms with van der Waals surface area (Å²) in [5.41, 5.74) is 0.469. The number of anilines is 2. The van der Waals surface area contributed by atoms with Gasteiger partial charge in [-0.2, -0.15) is 0 Å². The van der Waals surface area contributed by atoms with Crippen LogP contribution < -0.4 is 10.2 Å². The van der Waals surface area contributed by atoms with Crippen molar-refractivity contribution in [1.82, 2.24) is 19.9 Å². The maximum Gasteiger partial charge on any atom is 0.172 e. The van der Waals surface area contributed by atoms with Gasteiger partial charge in [0, 0.05) is 50.4 Å². The van der Waals surface area contributed by atoms with E-state index in [0.717, 1.165) is 6.07 Å². The Morgan fingerprint density at radius 3 is 2.46 bits per heavy atom. The van der Waals surface area contributed by atoms with Gasteiger partial charge in [0.05, 0.1) is 29.1 Å². The molecule has 5 rings (SSSR count). The van der Waals surface area contributed by atoms with Crippen LogP contribution in [0.3, 0.4) is 0 Å². The third-order valence-corrected chi connectivity index (χ3v) is 7.04. The van der Waals surface area contributed by atoms with E-state index in [1.54, 1.807) is 6.07 Å². The molecule has 1 aliphatic carbocycles. The molecule has 0 spiro atoms. The molecule has 11 heteroatoms. The minimum absolute atomic E-state index is 0.0903. The van der Waals surface area contributed by atoms with Gasteiger partial charge in [-0.05, 0) is 38.8 Å². The minimum Gasteiger partial charge on any atom is -0.393 e. The second kappa shape index (κ2) is 10.1. The van der Waals surface area contributed by atoms with Crippen LogP contribution in [0.2, 0.25) is 0 Å². The number of rotatable bonds is 7. The zero-order valence-electron chi connectivity index (χ0n) is 20.9. The summed E-state index contributed by atoms with van der Waals surface area (Å²) >= 11 is 0. The smallest absolute Gasteiger partial charge is 0.172 e. The molecular weight excluding hydrogens is 482 g/mol. The zero-order chi connectivity index (χ0) is 26.3. The molecule has 4 N–H and O–H groups in total. The van der Waals surface area contributed by atoms with Crippen LogP contribution in [0.1, 0.15) is 44.1 Å². The van der Waals surface area contributed by atoms with Crippen molar-refractivity contribution in [3.8, 4) is 0 Å². The molecule has 1 unspecified atom stereocenters.